The highest BCUT2D eigenvalue weighted by Gasteiger charge is 2.22. The number of likely N-dealkylation sites (N-methyl/N-ethyl adjacent to an activating group) is 1. The second-order valence-corrected chi connectivity index (χ2v) is 8.43. The summed E-state index contributed by atoms with van der Waals surface area (Å²) in [6.07, 6.45) is 2.91. The molecule has 1 N–H and O–H groups in total. The second kappa shape index (κ2) is 11.4. The molecule has 0 radical (unpaired) electrons. The van der Waals surface area contributed by atoms with Gasteiger partial charge >= 0.3 is 5.97 Å². The average molecular weight is 490 g/mol. The molecule has 1 aliphatic rings. The summed E-state index contributed by atoms with van der Waals surface area (Å²) in [6.45, 7) is 0.851. The number of benzene rings is 2. The molecule has 0 bridgehead atoms. The van der Waals surface area contributed by atoms with Gasteiger partial charge in [0.1, 0.15) is 5.76 Å². The minimum absolute atomic E-state index is 0.103. The number of carbonyl (C=O) groups excluding carboxylic acids is 4. The van der Waals surface area contributed by atoms with Gasteiger partial charge in [-0.15, -0.1) is 0 Å². The Balaban J connectivity index is 1.35. The summed E-state index contributed by atoms with van der Waals surface area (Å²) >= 11 is 0. The summed E-state index contributed by atoms with van der Waals surface area (Å²) < 4.78 is 10.5. The molecule has 1 saturated heterocycles. The van der Waals surface area contributed by atoms with Gasteiger partial charge in [0.05, 0.1) is 29.6 Å². The molecule has 2 aromatic carbocycles. The van der Waals surface area contributed by atoms with Crippen LogP contribution in [0.4, 0.5) is 5.69 Å². The number of rotatable bonds is 9. The first-order valence-corrected chi connectivity index (χ1v) is 11.6. The van der Waals surface area contributed by atoms with E-state index < -0.39 is 18.5 Å². The maximum Gasteiger partial charge on any atom is 0.338 e. The number of ether oxygens (including phenoxy) is 1. The summed E-state index contributed by atoms with van der Waals surface area (Å²) in [5.74, 6) is -0.795. The van der Waals surface area contributed by atoms with Crippen molar-refractivity contribution in [3.63, 3.8) is 0 Å². The normalized spacial score (nSPS) is 12.9. The fraction of sp³-hybridized carbons (Fsp3) is 0.259. The molecule has 3 amide bonds. The van der Waals surface area contributed by atoms with E-state index >= 15 is 0 Å². The molecule has 3 aromatic rings. The van der Waals surface area contributed by atoms with Crippen molar-refractivity contribution in [3.8, 4) is 0 Å². The van der Waals surface area contributed by atoms with E-state index in [0.29, 0.717) is 42.1 Å². The Morgan fingerprint density at radius 2 is 1.92 bits per heavy atom. The van der Waals surface area contributed by atoms with E-state index in [1.807, 2.05) is 6.07 Å². The van der Waals surface area contributed by atoms with Crippen LogP contribution in [0, 0.1) is 0 Å². The molecule has 1 aromatic heterocycles. The van der Waals surface area contributed by atoms with Gasteiger partial charge in [0.25, 0.3) is 11.8 Å². The molecule has 186 valence electrons. The van der Waals surface area contributed by atoms with Gasteiger partial charge < -0.3 is 24.3 Å². The summed E-state index contributed by atoms with van der Waals surface area (Å²) in [5.41, 5.74) is 1.80. The summed E-state index contributed by atoms with van der Waals surface area (Å²) in [6, 6.07) is 17.0. The maximum atomic E-state index is 12.8. The Labute approximate surface area is 208 Å². The van der Waals surface area contributed by atoms with E-state index in [4.69, 9.17) is 9.15 Å². The Morgan fingerprint density at radius 1 is 1.08 bits per heavy atom. The molecular weight excluding hydrogens is 462 g/mol. The van der Waals surface area contributed by atoms with Crippen LogP contribution < -0.4 is 10.2 Å². The topological polar surface area (TPSA) is 109 Å². The van der Waals surface area contributed by atoms with E-state index in [2.05, 4.69) is 5.32 Å². The highest BCUT2D eigenvalue weighted by Crippen LogP contribution is 2.20. The number of furan rings is 1. The molecule has 0 saturated carbocycles. The standard InChI is InChI=1S/C27H27N3O6/c1-29(23-11-3-2-10-22(23)26(33)28-16-21-9-6-14-35-21)25(32)18-36-27(34)20-8-4-7-19(15-20)17-30-13-5-12-24(30)31/h2-4,6-11,14-15H,5,12-13,16-18H2,1H3,(H,28,33). The van der Waals surface area contributed by atoms with Crippen LogP contribution in [0.1, 0.15) is 44.9 Å². The van der Waals surface area contributed by atoms with Crippen molar-refractivity contribution in [2.75, 3.05) is 25.1 Å². The maximum absolute atomic E-state index is 12.8. The van der Waals surface area contributed by atoms with E-state index in [0.717, 1.165) is 12.0 Å². The molecule has 0 unspecified atom stereocenters. The third kappa shape index (κ3) is 5.99. The van der Waals surface area contributed by atoms with Gasteiger partial charge in [-0.1, -0.05) is 24.3 Å². The van der Waals surface area contributed by atoms with Crippen LogP contribution in [0.25, 0.3) is 0 Å². The third-order valence-electron chi connectivity index (χ3n) is 5.92. The monoisotopic (exact) mass is 489 g/mol. The molecule has 0 aliphatic carbocycles. The number of anilines is 1. The fourth-order valence-electron chi connectivity index (χ4n) is 3.96. The number of esters is 1. The van der Waals surface area contributed by atoms with Gasteiger partial charge in [-0.3, -0.25) is 14.4 Å². The van der Waals surface area contributed by atoms with E-state index in [9.17, 15) is 19.2 Å². The Bertz CT molecular complexity index is 1250. The summed E-state index contributed by atoms with van der Waals surface area (Å²) in [7, 11) is 1.52. The van der Waals surface area contributed by atoms with Crippen LogP contribution in [-0.4, -0.2) is 48.8 Å². The van der Waals surface area contributed by atoms with Crippen molar-refractivity contribution in [1.82, 2.24) is 10.2 Å². The zero-order chi connectivity index (χ0) is 25.5. The van der Waals surface area contributed by atoms with Crippen molar-refractivity contribution < 1.29 is 28.3 Å². The first-order chi connectivity index (χ1) is 17.4. The molecule has 1 fully saturated rings. The lowest BCUT2D eigenvalue weighted by molar-refractivity contribution is -0.128. The van der Waals surface area contributed by atoms with Crippen molar-refractivity contribution in [2.45, 2.75) is 25.9 Å². The minimum atomic E-state index is -0.643. The number of amides is 3. The van der Waals surface area contributed by atoms with Gasteiger partial charge in [0.15, 0.2) is 6.61 Å². The molecular formula is C27H27N3O6. The molecule has 2 heterocycles. The van der Waals surface area contributed by atoms with Gasteiger partial charge in [-0.25, -0.2) is 4.79 Å². The smallest absolute Gasteiger partial charge is 0.338 e. The molecule has 9 nitrogen and oxygen atoms in total. The number of nitrogens with zero attached hydrogens (tertiary/aromatic N) is 2. The van der Waals surface area contributed by atoms with Crippen molar-refractivity contribution in [3.05, 3.63) is 89.4 Å². The Hall–Kier alpha value is -4.40. The second-order valence-electron chi connectivity index (χ2n) is 8.43. The van der Waals surface area contributed by atoms with Crippen LogP contribution in [0.5, 0.6) is 0 Å². The number of hydrogen-bond donors (Lipinski definition) is 1. The van der Waals surface area contributed by atoms with Crippen molar-refractivity contribution in [2.24, 2.45) is 0 Å². The molecule has 4 rings (SSSR count). The lowest BCUT2D eigenvalue weighted by Crippen LogP contribution is -2.33. The van der Waals surface area contributed by atoms with Crippen LogP contribution >= 0.6 is 0 Å². The number of para-hydroxylation sites is 1. The van der Waals surface area contributed by atoms with E-state index in [-0.39, 0.29) is 18.4 Å². The highest BCUT2D eigenvalue weighted by molar-refractivity contribution is 6.05. The quantitative estimate of drug-likeness (QED) is 0.463. The summed E-state index contributed by atoms with van der Waals surface area (Å²) in [5, 5.41) is 2.76. The van der Waals surface area contributed by atoms with Crippen LogP contribution in [0.15, 0.2) is 71.3 Å². The lowest BCUT2D eigenvalue weighted by atomic mass is 10.1. The van der Waals surface area contributed by atoms with E-state index in [1.165, 1.54) is 18.2 Å². The lowest BCUT2D eigenvalue weighted by Gasteiger charge is -2.20. The number of hydrogen-bond acceptors (Lipinski definition) is 6. The van der Waals surface area contributed by atoms with Crippen LogP contribution in [0.2, 0.25) is 0 Å². The predicted molar refractivity (Wildman–Crippen MR) is 131 cm³/mol. The zero-order valence-electron chi connectivity index (χ0n) is 19.9. The van der Waals surface area contributed by atoms with Gasteiger partial charge in [-0.05, 0) is 48.4 Å². The third-order valence-corrected chi connectivity index (χ3v) is 5.92. The van der Waals surface area contributed by atoms with Crippen LogP contribution in [0.3, 0.4) is 0 Å². The average Bonchev–Trinajstić information content (AvgIpc) is 3.57. The Morgan fingerprint density at radius 3 is 2.67 bits per heavy atom. The molecule has 36 heavy (non-hydrogen) atoms. The first-order valence-electron chi connectivity index (χ1n) is 11.6. The molecule has 0 spiro atoms. The minimum Gasteiger partial charge on any atom is -0.467 e. The number of nitrogens with one attached hydrogen (secondary N) is 1. The zero-order valence-corrected chi connectivity index (χ0v) is 19.9. The fourth-order valence-corrected chi connectivity index (χ4v) is 3.96. The van der Waals surface area contributed by atoms with Gasteiger partial charge in [0, 0.05) is 26.6 Å². The molecule has 9 heteroatoms. The van der Waals surface area contributed by atoms with E-state index in [1.54, 1.807) is 59.5 Å². The number of likely N-dealkylation sites (tertiary alicyclic amines) is 1. The largest absolute Gasteiger partial charge is 0.467 e. The van der Waals surface area contributed by atoms with Crippen molar-refractivity contribution in [1.29, 1.82) is 0 Å². The number of carbonyl (C=O) groups is 4. The van der Waals surface area contributed by atoms with Gasteiger partial charge in [0.2, 0.25) is 5.91 Å². The molecule has 1 aliphatic heterocycles. The highest BCUT2D eigenvalue weighted by atomic mass is 16.5. The SMILES string of the molecule is CN(C(=O)COC(=O)c1cccc(CN2CCCC2=O)c1)c1ccccc1C(=O)NCc1ccco1. The molecule has 0 atom stereocenters. The van der Waals surface area contributed by atoms with Crippen LogP contribution in [-0.2, 0) is 27.4 Å². The van der Waals surface area contributed by atoms with Gasteiger partial charge in [-0.2, -0.15) is 0 Å². The Kier molecular flexibility index (Phi) is 7.79. The van der Waals surface area contributed by atoms with Crippen molar-refractivity contribution >= 4 is 29.4 Å². The first kappa shape index (κ1) is 24.7. The predicted octanol–water partition coefficient (Wildman–Crippen LogP) is 3.15. The summed E-state index contributed by atoms with van der Waals surface area (Å²) in [4.78, 5) is 53.0.